The Kier molecular flexibility index (Phi) is 5.50. The minimum atomic E-state index is -0.755. The van der Waals surface area contributed by atoms with Crippen LogP contribution in [-0.2, 0) is 0 Å². The van der Waals surface area contributed by atoms with Gasteiger partial charge in [0.25, 0.3) is 5.91 Å². The second-order valence-corrected chi connectivity index (χ2v) is 5.66. The Morgan fingerprint density at radius 2 is 1.77 bits per heavy atom. The molecule has 0 atom stereocenters. The van der Waals surface area contributed by atoms with Gasteiger partial charge in [0, 0.05) is 36.4 Å². The van der Waals surface area contributed by atoms with E-state index in [9.17, 15) is 9.18 Å². The van der Waals surface area contributed by atoms with E-state index < -0.39 is 11.7 Å². The summed E-state index contributed by atoms with van der Waals surface area (Å²) in [7, 11) is 0. The quantitative estimate of drug-likeness (QED) is 0.705. The molecule has 0 bridgehead atoms. The van der Waals surface area contributed by atoms with E-state index >= 15 is 0 Å². The van der Waals surface area contributed by atoms with Gasteiger partial charge in [-0.15, -0.1) is 0 Å². The Morgan fingerprint density at radius 1 is 1.04 bits per heavy atom. The van der Waals surface area contributed by atoms with E-state index in [2.05, 4.69) is 9.97 Å². The number of pyridine rings is 2. The number of hydrogen-bond acceptors (Lipinski definition) is 5. The maximum atomic E-state index is 14.6. The van der Waals surface area contributed by atoms with Crippen LogP contribution in [0.4, 0.5) is 4.39 Å². The largest absolute Gasteiger partial charge is 0.395 e. The van der Waals surface area contributed by atoms with E-state index in [0.717, 1.165) is 17.1 Å². The number of rotatable bonds is 6. The van der Waals surface area contributed by atoms with Crippen LogP contribution >= 0.6 is 0 Å². The zero-order chi connectivity index (χ0) is 18.5. The monoisotopic (exact) mass is 355 g/mol. The molecule has 0 aliphatic carbocycles. The van der Waals surface area contributed by atoms with Crippen LogP contribution in [-0.4, -0.2) is 57.3 Å². The molecule has 0 aliphatic heterocycles. The Hall–Kier alpha value is -2.90. The Bertz CT molecular complexity index is 922. The molecule has 7 heteroatoms. The van der Waals surface area contributed by atoms with Gasteiger partial charge in [-0.3, -0.25) is 14.8 Å². The Balaban J connectivity index is 2.18. The van der Waals surface area contributed by atoms with E-state index in [1.165, 1.54) is 11.1 Å². The van der Waals surface area contributed by atoms with Crippen molar-refractivity contribution in [1.82, 2.24) is 14.9 Å². The number of aliphatic hydroxyl groups is 2. The van der Waals surface area contributed by atoms with E-state index in [1.54, 1.807) is 12.3 Å². The minimum absolute atomic E-state index is 0.00229. The lowest BCUT2D eigenvalue weighted by atomic mass is 9.97. The molecule has 0 saturated carbocycles. The molecule has 26 heavy (non-hydrogen) atoms. The van der Waals surface area contributed by atoms with E-state index in [4.69, 9.17) is 10.2 Å². The van der Waals surface area contributed by atoms with Crippen LogP contribution in [0.5, 0.6) is 0 Å². The van der Waals surface area contributed by atoms with Crippen molar-refractivity contribution in [1.29, 1.82) is 0 Å². The maximum Gasteiger partial charge on any atom is 0.257 e. The molecule has 1 aromatic carbocycles. The van der Waals surface area contributed by atoms with Gasteiger partial charge in [-0.05, 0) is 17.7 Å². The molecule has 6 nitrogen and oxygen atoms in total. The molecular formula is C19H18FN3O3. The highest BCUT2D eigenvalue weighted by atomic mass is 19.1. The zero-order valence-electron chi connectivity index (χ0n) is 14.0. The van der Waals surface area contributed by atoms with E-state index in [0.29, 0.717) is 11.1 Å². The first-order valence-corrected chi connectivity index (χ1v) is 8.16. The molecule has 2 aromatic heterocycles. The van der Waals surface area contributed by atoms with Crippen molar-refractivity contribution in [3.63, 3.8) is 0 Å². The summed E-state index contributed by atoms with van der Waals surface area (Å²) >= 11 is 0. The fourth-order valence-corrected chi connectivity index (χ4v) is 2.90. The molecular weight excluding hydrogens is 337 g/mol. The normalized spacial score (nSPS) is 10.9. The second-order valence-electron chi connectivity index (χ2n) is 5.66. The highest BCUT2D eigenvalue weighted by Crippen LogP contribution is 2.31. The van der Waals surface area contributed by atoms with Crippen molar-refractivity contribution < 1.29 is 19.4 Å². The van der Waals surface area contributed by atoms with Gasteiger partial charge < -0.3 is 15.1 Å². The third kappa shape index (κ3) is 3.40. The standard InChI is InChI=1S/C19H18FN3O3/c20-16-12-21-11-15(18(16)19(26)23(7-9-24)8-10-25)13-5-6-22-17-4-2-1-3-14(13)17/h1-6,11-12,24-25H,7-10H2. The molecule has 0 spiro atoms. The topological polar surface area (TPSA) is 86.6 Å². The summed E-state index contributed by atoms with van der Waals surface area (Å²) in [6.07, 6.45) is 4.01. The Labute approximate surface area is 149 Å². The van der Waals surface area contributed by atoms with Crippen LogP contribution in [0.15, 0.2) is 48.9 Å². The number of amides is 1. The Morgan fingerprint density at radius 3 is 2.50 bits per heavy atom. The first-order chi connectivity index (χ1) is 12.7. The van der Waals surface area contributed by atoms with Gasteiger partial charge in [-0.25, -0.2) is 4.39 Å². The van der Waals surface area contributed by atoms with Crippen molar-refractivity contribution in [2.24, 2.45) is 0 Å². The van der Waals surface area contributed by atoms with Crippen molar-refractivity contribution in [3.8, 4) is 11.1 Å². The molecule has 0 radical (unpaired) electrons. The highest BCUT2D eigenvalue weighted by Gasteiger charge is 2.24. The molecule has 0 unspecified atom stereocenters. The number of para-hydroxylation sites is 1. The zero-order valence-corrected chi connectivity index (χ0v) is 14.0. The number of carbonyl (C=O) groups excluding carboxylic acids is 1. The van der Waals surface area contributed by atoms with Gasteiger partial charge in [0.05, 0.1) is 30.5 Å². The molecule has 0 saturated heterocycles. The number of aliphatic hydroxyl groups excluding tert-OH is 2. The lowest BCUT2D eigenvalue weighted by Crippen LogP contribution is -2.36. The van der Waals surface area contributed by atoms with Crippen molar-refractivity contribution in [2.45, 2.75) is 0 Å². The number of fused-ring (bicyclic) bond motifs is 1. The molecule has 3 aromatic rings. The predicted octanol–water partition coefficient (Wildman–Crippen LogP) is 1.86. The summed E-state index contributed by atoms with van der Waals surface area (Å²) in [5.41, 5.74) is 1.56. The van der Waals surface area contributed by atoms with Crippen LogP contribution in [0.3, 0.4) is 0 Å². The van der Waals surface area contributed by atoms with Gasteiger partial charge in [0.1, 0.15) is 0 Å². The fourth-order valence-electron chi connectivity index (χ4n) is 2.90. The van der Waals surface area contributed by atoms with Gasteiger partial charge in [0.15, 0.2) is 5.82 Å². The van der Waals surface area contributed by atoms with E-state index in [-0.39, 0.29) is 31.9 Å². The average molecular weight is 355 g/mol. The van der Waals surface area contributed by atoms with Crippen LogP contribution in [0.1, 0.15) is 10.4 Å². The number of aromatic nitrogens is 2. The molecule has 134 valence electrons. The van der Waals surface area contributed by atoms with E-state index in [1.807, 2.05) is 24.3 Å². The first kappa shape index (κ1) is 17.9. The number of carbonyl (C=O) groups is 1. The summed E-state index contributed by atoms with van der Waals surface area (Å²) in [6.45, 7) is -0.576. The minimum Gasteiger partial charge on any atom is -0.395 e. The summed E-state index contributed by atoms with van der Waals surface area (Å²) in [5, 5.41) is 19.1. The van der Waals surface area contributed by atoms with Crippen LogP contribution in [0.2, 0.25) is 0 Å². The number of hydrogen-bond donors (Lipinski definition) is 2. The number of benzene rings is 1. The fraction of sp³-hybridized carbons (Fsp3) is 0.211. The van der Waals surface area contributed by atoms with Gasteiger partial charge in [-0.2, -0.15) is 0 Å². The van der Waals surface area contributed by atoms with Gasteiger partial charge >= 0.3 is 0 Å². The summed E-state index contributed by atoms with van der Waals surface area (Å²) < 4.78 is 14.6. The van der Waals surface area contributed by atoms with Crippen molar-refractivity contribution in [3.05, 3.63) is 60.3 Å². The van der Waals surface area contributed by atoms with Gasteiger partial charge in [-0.1, -0.05) is 18.2 Å². The smallest absolute Gasteiger partial charge is 0.257 e. The average Bonchev–Trinajstić information content (AvgIpc) is 2.66. The number of halogens is 1. The van der Waals surface area contributed by atoms with Crippen LogP contribution in [0.25, 0.3) is 22.0 Å². The van der Waals surface area contributed by atoms with Crippen LogP contribution in [0, 0.1) is 5.82 Å². The van der Waals surface area contributed by atoms with Crippen LogP contribution < -0.4 is 0 Å². The van der Waals surface area contributed by atoms with Crippen molar-refractivity contribution >= 4 is 16.8 Å². The lowest BCUT2D eigenvalue weighted by Gasteiger charge is -2.22. The molecule has 3 rings (SSSR count). The number of nitrogens with zero attached hydrogens (tertiary/aromatic N) is 3. The predicted molar refractivity (Wildman–Crippen MR) is 95.0 cm³/mol. The molecule has 2 heterocycles. The van der Waals surface area contributed by atoms with Crippen molar-refractivity contribution in [2.75, 3.05) is 26.3 Å². The first-order valence-electron chi connectivity index (χ1n) is 8.16. The lowest BCUT2D eigenvalue weighted by molar-refractivity contribution is 0.0681. The SMILES string of the molecule is O=C(c1c(F)cncc1-c1ccnc2ccccc12)N(CCO)CCO. The highest BCUT2D eigenvalue weighted by molar-refractivity contribution is 6.05. The molecule has 2 N–H and O–H groups in total. The molecule has 0 aliphatic rings. The molecule has 0 fully saturated rings. The second kappa shape index (κ2) is 7.99. The maximum absolute atomic E-state index is 14.6. The molecule has 1 amide bonds. The summed E-state index contributed by atoms with van der Waals surface area (Å²) in [6, 6.07) is 9.07. The third-order valence-corrected chi connectivity index (χ3v) is 4.08. The third-order valence-electron chi connectivity index (χ3n) is 4.08. The van der Waals surface area contributed by atoms with Gasteiger partial charge in [0.2, 0.25) is 0 Å². The summed E-state index contributed by atoms with van der Waals surface area (Å²) in [4.78, 5) is 22.3. The summed E-state index contributed by atoms with van der Waals surface area (Å²) in [5.74, 6) is -1.36.